The summed E-state index contributed by atoms with van der Waals surface area (Å²) in [4.78, 5) is 13.1. The minimum Gasteiger partial charge on any atom is -0.392 e. The second-order valence-corrected chi connectivity index (χ2v) is 5.27. The minimum absolute atomic E-state index is 0.0118. The molecule has 2 N–H and O–H groups in total. The van der Waals surface area contributed by atoms with Gasteiger partial charge >= 0.3 is 0 Å². The van der Waals surface area contributed by atoms with Crippen LogP contribution in [0.15, 0.2) is 53.4 Å². The fourth-order valence-electron chi connectivity index (χ4n) is 1.86. The van der Waals surface area contributed by atoms with Gasteiger partial charge in [0.1, 0.15) is 0 Å². The van der Waals surface area contributed by atoms with Crippen LogP contribution in [0.25, 0.3) is 0 Å². The third-order valence-corrected chi connectivity index (χ3v) is 3.72. The molecular formula is C16H17NO2S. The van der Waals surface area contributed by atoms with E-state index in [1.54, 1.807) is 11.8 Å². The topological polar surface area (TPSA) is 49.3 Å². The Morgan fingerprint density at radius 1 is 1.15 bits per heavy atom. The van der Waals surface area contributed by atoms with Crippen LogP contribution in [-0.2, 0) is 13.2 Å². The maximum Gasteiger partial charge on any atom is 0.251 e. The van der Waals surface area contributed by atoms with Gasteiger partial charge in [0.05, 0.1) is 6.61 Å². The normalized spacial score (nSPS) is 10.3. The molecule has 2 rings (SSSR count). The summed E-state index contributed by atoms with van der Waals surface area (Å²) in [5.41, 5.74) is 2.48. The SMILES string of the molecule is CSc1ccc(C(=O)NCc2cccc(CO)c2)cc1. The van der Waals surface area contributed by atoms with Gasteiger partial charge in [-0.2, -0.15) is 0 Å². The third-order valence-electron chi connectivity index (χ3n) is 2.98. The minimum atomic E-state index is -0.0907. The van der Waals surface area contributed by atoms with Crippen LogP contribution in [0.2, 0.25) is 0 Å². The van der Waals surface area contributed by atoms with Gasteiger partial charge in [-0.1, -0.05) is 24.3 Å². The lowest BCUT2D eigenvalue weighted by Gasteiger charge is -2.07. The monoisotopic (exact) mass is 287 g/mol. The van der Waals surface area contributed by atoms with Gasteiger partial charge in [0.2, 0.25) is 0 Å². The lowest BCUT2D eigenvalue weighted by Crippen LogP contribution is -2.22. The van der Waals surface area contributed by atoms with Crippen molar-refractivity contribution in [2.24, 2.45) is 0 Å². The van der Waals surface area contributed by atoms with E-state index in [9.17, 15) is 4.79 Å². The Morgan fingerprint density at radius 3 is 2.50 bits per heavy atom. The molecule has 0 aliphatic heterocycles. The first-order chi connectivity index (χ1) is 9.72. The molecule has 0 saturated carbocycles. The van der Waals surface area contributed by atoms with E-state index < -0.39 is 0 Å². The number of rotatable bonds is 5. The zero-order chi connectivity index (χ0) is 14.4. The summed E-state index contributed by atoms with van der Waals surface area (Å²) in [5, 5.41) is 12.0. The summed E-state index contributed by atoms with van der Waals surface area (Å²) >= 11 is 1.65. The van der Waals surface area contributed by atoms with Crippen molar-refractivity contribution in [2.75, 3.05) is 6.26 Å². The van der Waals surface area contributed by atoms with Crippen LogP contribution < -0.4 is 5.32 Å². The molecule has 0 heterocycles. The van der Waals surface area contributed by atoms with Crippen LogP contribution in [0.3, 0.4) is 0 Å². The summed E-state index contributed by atoms with van der Waals surface area (Å²) in [6.07, 6.45) is 2.00. The molecule has 0 bridgehead atoms. The van der Waals surface area contributed by atoms with Gasteiger partial charge in [0, 0.05) is 17.0 Å². The molecule has 4 heteroatoms. The van der Waals surface area contributed by atoms with Crippen molar-refractivity contribution in [3.8, 4) is 0 Å². The van der Waals surface area contributed by atoms with Gasteiger partial charge in [-0.25, -0.2) is 0 Å². The summed E-state index contributed by atoms with van der Waals surface area (Å²) in [5.74, 6) is -0.0907. The zero-order valence-corrected chi connectivity index (χ0v) is 12.1. The second-order valence-electron chi connectivity index (χ2n) is 4.39. The molecule has 0 fully saturated rings. The van der Waals surface area contributed by atoms with Crippen LogP contribution in [0.1, 0.15) is 21.5 Å². The molecule has 3 nitrogen and oxygen atoms in total. The maximum absolute atomic E-state index is 12.0. The van der Waals surface area contributed by atoms with Gasteiger partial charge in [0.25, 0.3) is 5.91 Å². The molecule has 0 aliphatic carbocycles. The fourth-order valence-corrected chi connectivity index (χ4v) is 2.27. The molecule has 0 aromatic heterocycles. The molecule has 104 valence electrons. The Labute approximate surface area is 123 Å². The van der Waals surface area contributed by atoms with Crippen molar-refractivity contribution >= 4 is 17.7 Å². The molecule has 0 radical (unpaired) electrons. The maximum atomic E-state index is 12.0. The quantitative estimate of drug-likeness (QED) is 0.831. The Balaban J connectivity index is 1.97. The first-order valence-electron chi connectivity index (χ1n) is 6.34. The fraction of sp³-hybridized carbons (Fsp3) is 0.188. The number of carbonyl (C=O) groups excluding carboxylic acids is 1. The van der Waals surface area contributed by atoms with E-state index in [1.165, 1.54) is 0 Å². The number of nitrogens with one attached hydrogen (secondary N) is 1. The highest BCUT2D eigenvalue weighted by molar-refractivity contribution is 7.98. The molecule has 0 unspecified atom stereocenters. The van der Waals surface area contributed by atoms with Crippen LogP contribution in [0.4, 0.5) is 0 Å². The lowest BCUT2D eigenvalue weighted by molar-refractivity contribution is 0.0951. The van der Waals surface area contributed by atoms with E-state index in [0.717, 1.165) is 16.0 Å². The molecular weight excluding hydrogens is 270 g/mol. The summed E-state index contributed by atoms with van der Waals surface area (Å²) in [6, 6.07) is 15.1. The van der Waals surface area contributed by atoms with Crippen LogP contribution in [-0.4, -0.2) is 17.3 Å². The molecule has 20 heavy (non-hydrogen) atoms. The van der Waals surface area contributed by atoms with Crippen molar-refractivity contribution in [3.63, 3.8) is 0 Å². The van der Waals surface area contributed by atoms with E-state index in [4.69, 9.17) is 5.11 Å². The molecule has 1 amide bonds. The van der Waals surface area contributed by atoms with E-state index in [2.05, 4.69) is 5.32 Å². The van der Waals surface area contributed by atoms with Crippen molar-refractivity contribution in [2.45, 2.75) is 18.0 Å². The predicted molar refractivity (Wildman–Crippen MR) is 81.8 cm³/mol. The van der Waals surface area contributed by atoms with Gasteiger partial charge in [-0.3, -0.25) is 4.79 Å². The van der Waals surface area contributed by atoms with Gasteiger partial charge in [0.15, 0.2) is 0 Å². The molecule has 0 aliphatic rings. The molecule has 2 aromatic rings. The standard InChI is InChI=1S/C16H17NO2S/c1-20-15-7-5-14(6-8-15)16(19)17-10-12-3-2-4-13(9-12)11-18/h2-9,18H,10-11H2,1H3,(H,17,19). The predicted octanol–water partition coefficient (Wildman–Crippen LogP) is 2.83. The Hall–Kier alpha value is -1.78. The average Bonchev–Trinajstić information content (AvgIpc) is 2.53. The largest absolute Gasteiger partial charge is 0.392 e. The van der Waals surface area contributed by atoms with E-state index in [1.807, 2.05) is 54.8 Å². The molecule has 2 aromatic carbocycles. The Kier molecular flexibility index (Phi) is 5.21. The number of aliphatic hydroxyl groups is 1. The van der Waals surface area contributed by atoms with Crippen molar-refractivity contribution in [1.82, 2.24) is 5.32 Å². The van der Waals surface area contributed by atoms with Crippen molar-refractivity contribution < 1.29 is 9.90 Å². The van der Waals surface area contributed by atoms with Gasteiger partial charge < -0.3 is 10.4 Å². The Bertz CT molecular complexity index is 581. The number of benzene rings is 2. The number of thioether (sulfide) groups is 1. The number of aliphatic hydroxyl groups excluding tert-OH is 1. The zero-order valence-electron chi connectivity index (χ0n) is 11.3. The first kappa shape index (κ1) is 14.6. The summed E-state index contributed by atoms with van der Waals surface area (Å²) in [7, 11) is 0. The molecule has 0 spiro atoms. The first-order valence-corrected chi connectivity index (χ1v) is 7.56. The van der Waals surface area contributed by atoms with Gasteiger partial charge in [-0.15, -0.1) is 11.8 Å². The number of hydrogen-bond donors (Lipinski definition) is 2. The smallest absolute Gasteiger partial charge is 0.251 e. The second kappa shape index (κ2) is 7.12. The highest BCUT2D eigenvalue weighted by atomic mass is 32.2. The van der Waals surface area contributed by atoms with Crippen molar-refractivity contribution in [3.05, 3.63) is 65.2 Å². The van der Waals surface area contributed by atoms with E-state index >= 15 is 0 Å². The summed E-state index contributed by atoms with van der Waals surface area (Å²) in [6.45, 7) is 0.467. The third kappa shape index (κ3) is 3.85. The van der Waals surface area contributed by atoms with E-state index in [0.29, 0.717) is 12.1 Å². The number of amides is 1. The Morgan fingerprint density at radius 2 is 1.85 bits per heavy atom. The molecule has 0 atom stereocenters. The van der Waals surface area contributed by atoms with Crippen LogP contribution >= 0.6 is 11.8 Å². The lowest BCUT2D eigenvalue weighted by atomic mass is 10.1. The van der Waals surface area contributed by atoms with Crippen molar-refractivity contribution in [1.29, 1.82) is 0 Å². The van der Waals surface area contributed by atoms with Crippen LogP contribution in [0, 0.1) is 0 Å². The average molecular weight is 287 g/mol. The van der Waals surface area contributed by atoms with Crippen LogP contribution in [0.5, 0.6) is 0 Å². The van der Waals surface area contributed by atoms with E-state index in [-0.39, 0.29) is 12.5 Å². The number of carbonyl (C=O) groups is 1. The summed E-state index contributed by atoms with van der Waals surface area (Å²) < 4.78 is 0. The van der Waals surface area contributed by atoms with Gasteiger partial charge in [-0.05, 0) is 41.6 Å². The molecule has 0 saturated heterocycles. The highest BCUT2D eigenvalue weighted by Gasteiger charge is 2.05. The number of hydrogen-bond acceptors (Lipinski definition) is 3. The highest BCUT2D eigenvalue weighted by Crippen LogP contribution is 2.14.